The van der Waals surface area contributed by atoms with Crippen molar-refractivity contribution in [2.45, 2.75) is 46.4 Å². The van der Waals surface area contributed by atoms with Crippen LogP contribution in [-0.2, 0) is 18.5 Å². The quantitative estimate of drug-likeness (QED) is 0.249. The van der Waals surface area contributed by atoms with Gasteiger partial charge in [-0.15, -0.1) is 0 Å². The van der Waals surface area contributed by atoms with E-state index in [0.29, 0.717) is 27.0 Å². The average molecular weight is 613 g/mol. The lowest BCUT2D eigenvalue weighted by Gasteiger charge is -2.40. The van der Waals surface area contributed by atoms with E-state index in [1.165, 1.54) is 0 Å². The van der Waals surface area contributed by atoms with Crippen LogP contribution in [0.15, 0.2) is 87.5 Å². The number of hydrogen-bond donors (Lipinski definition) is 0. The van der Waals surface area contributed by atoms with Crippen LogP contribution in [0.4, 0.5) is 24.5 Å². The first-order valence-corrected chi connectivity index (χ1v) is 16.2. The highest BCUT2D eigenvalue weighted by atomic mass is 32.3. The number of rotatable bonds is 10. The SMILES string of the molecule is CN(C)c1ccc(S(OS(=O)(=O)CC(F)(F)F)(c2ccc(OC3CCCCO3)cc2)c2ccc(N(C)C)cc2)cc1. The van der Waals surface area contributed by atoms with Crippen LogP contribution in [0.3, 0.4) is 0 Å². The van der Waals surface area contributed by atoms with Crippen molar-refractivity contribution in [3.8, 4) is 5.75 Å². The van der Waals surface area contributed by atoms with E-state index in [4.69, 9.17) is 13.1 Å². The molecule has 0 amide bonds. The number of alkyl halides is 3. The monoisotopic (exact) mass is 612 g/mol. The van der Waals surface area contributed by atoms with Crippen molar-refractivity contribution in [2.75, 3.05) is 50.4 Å². The van der Waals surface area contributed by atoms with Gasteiger partial charge < -0.3 is 19.3 Å². The lowest BCUT2D eigenvalue weighted by atomic mass is 10.2. The number of halogens is 3. The van der Waals surface area contributed by atoms with Crippen LogP contribution in [0, 0.1) is 0 Å². The second-order valence-electron chi connectivity index (χ2n) is 10.1. The minimum Gasteiger partial charge on any atom is -0.465 e. The Morgan fingerprint density at radius 2 is 1.24 bits per heavy atom. The molecule has 12 heteroatoms. The summed E-state index contributed by atoms with van der Waals surface area (Å²) in [7, 11) is -0.875. The van der Waals surface area contributed by atoms with Gasteiger partial charge in [0.15, 0.2) is 12.0 Å². The van der Waals surface area contributed by atoms with Gasteiger partial charge in [-0.2, -0.15) is 21.6 Å². The highest BCUT2D eigenvalue weighted by Crippen LogP contribution is 2.70. The number of benzene rings is 3. The fourth-order valence-corrected chi connectivity index (χ4v) is 9.60. The highest BCUT2D eigenvalue weighted by molar-refractivity contribution is 8.33. The molecule has 0 aromatic heterocycles. The van der Waals surface area contributed by atoms with Crippen LogP contribution >= 0.6 is 10.3 Å². The van der Waals surface area contributed by atoms with Gasteiger partial charge in [-0.3, -0.25) is 0 Å². The molecule has 3 aromatic carbocycles. The molecule has 0 bridgehead atoms. The van der Waals surface area contributed by atoms with E-state index in [2.05, 4.69) is 0 Å². The maximum atomic E-state index is 13.4. The topological polar surface area (TPSA) is 68.3 Å². The Bertz CT molecular complexity index is 1340. The molecule has 3 aromatic rings. The van der Waals surface area contributed by atoms with Gasteiger partial charge in [0.1, 0.15) is 5.75 Å². The molecule has 1 aliphatic heterocycles. The van der Waals surface area contributed by atoms with E-state index in [9.17, 15) is 21.6 Å². The van der Waals surface area contributed by atoms with Gasteiger partial charge >= 0.3 is 6.18 Å². The average Bonchev–Trinajstić information content (AvgIpc) is 2.91. The molecule has 1 heterocycles. The molecule has 1 aliphatic rings. The molecule has 1 saturated heterocycles. The Balaban J connectivity index is 1.89. The van der Waals surface area contributed by atoms with Gasteiger partial charge in [0.25, 0.3) is 10.1 Å². The zero-order valence-corrected chi connectivity index (χ0v) is 25.1. The molecule has 4 rings (SSSR count). The number of nitrogens with zero attached hydrogens (tertiary/aromatic N) is 2. The zero-order chi connectivity index (χ0) is 29.8. The molecule has 0 N–H and O–H groups in total. The standard InChI is InChI=1S/C29H35F3N2O5S2/c1-33(2)22-8-14-25(15-9-22)41(39-40(35,36)21-29(30,31)32,26-16-10-23(11-17-26)34(3)4)27-18-12-24(13-19-27)38-28-7-5-6-20-37-28/h8-19,28H,5-7,20-21H2,1-4H3. The summed E-state index contributed by atoms with van der Waals surface area (Å²) in [6.07, 6.45) is -2.69. The van der Waals surface area contributed by atoms with E-state index in [1.807, 2.05) is 38.0 Å². The van der Waals surface area contributed by atoms with Gasteiger partial charge in [-0.1, -0.05) is 0 Å². The van der Waals surface area contributed by atoms with Crippen LogP contribution < -0.4 is 14.5 Å². The van der Waals surface area contributed by atoms with E-state index in [-0.39, 0.29) is 0 Å². The van der Waals surface area contributed by atoms with Crippen molar-refractivity contribution < 1.29 is 34.7 Å². The van der Waals surface area contributed by atoms with E-state index < -0.39 is 38.6 Å². The van der Waals surface area contributed by atoms with Crippen LogP contribution in [0.25, 0.3) is 0 Å². The summed E-state index contributed by atoms with van der Waals surface area (Å²) < 4.78 is 83.8. The molecule has 0 spiro atoms. The third-order valence-corrected chi connectivity index (χ3v) is 11.6. The predicted molar refractivity (Wildman–Crippen MR) is 156 cm³/mol. The predicted octanol–water partition coefficient (Wildman–Crippen LogP) is 6.83. The molecule has 1 unspecified atom stereocenters. The van der Waals surface area contributed by atoms with Gasteiger partial charge in [-0.05, 0) is 95.9 Å². The molecule has 1 fully saturated rings. The van der Waals surface area contributed by atoms with E-state index >= 15 is 0 Å². The van der Waals surface area contributed by atoms with Crippen molar-refractivity contribution in [2.24, 2.45) is 0 Å². The Hall–Kier alpha value is -2.93. The third kappa shape index (κ3) is 7.68. The van der Waals surface area contributed by atoms with Gasteiger partial charge in [0.05, 0.1) is 6.61 Å². The Morgan fingerprint density at radius 3 is 1.63 bits per heavy atom. The molecule has 7 nitrogen and oxygen atoms in total. The Kier molecular flexibility index (Phi) is 9.47. The molecule has 0 saturated carbocycles. The first-order chi connectivity index (χ1) is 19.3. The zero-order valence-electron chi connectivity index (χ0n) is 23.4. The van der Waals surface area contributed by atoms with Gasteiger partial charge in [-0.25, -0.2) is 3.63 Å². The largest absolute Gasteiger partial charge is 0.465 e. The first-order valence-electron chi connectivity index (χ1n) is 13.1. The summed E-state index contributed by atoms with van der Waals surface area (Å²) >= 11 is 0. The fourth-order valence-electron chi connectivity index (χ4n) is 4.44. The van der Waals surface area contributed by atoms with Crippen LogP contribution in [0.1, 0.15) is 19.3 Å². The van der Waals surface area contributed by atoms with Crippen LogP contribution in [0.5, 0.6) is 5.75 Å². The molecule has 1 atom stereocenters. The minimum absolute atomic E-state index is 0.396. The second-order valence-corrected chi connectivity index (χ2v) is 14.6. The van der Waals surface area contributed by atoms with Crippen molar-refractivity contribution in [1.82, 2.24) is 0 Å². The summed E-state index contributed by atoms with van der Waals surface area (Å²) in [4.78, 5) is 4.99. The molecule has 41 heavy (non-hydrogen) atoms. The van der Waals surface area contributed by atoms with Crippen molar-refractivity contribution >= 4 is 31.8 Å². The van der Waals surface area contributed by atoms with E-state index in [1.54, 1.807) is 72.8 Å². The molecular weight excluding hydrogens is 577 g/mol. The van der Waals surface area contributed by atoms with E-state index in [0.717, 1.165) is 30.6 Å². The fraction of sp³-hybridized carbons (Fsp3) is 0.379. The van der Waals surface area contributed by atoms with Crippen LogP contribution in [-0.4, -0.2) is 61.4 Å². The number of hydrogen-bond acceptors (Lipinski definition) is 7. The maximum absolute atomic E-state index is 13.4. The molecular formula is C29H35F3N2O5S2. The summed E-state index contributed by atoms with van der Waals surface area (Å²) in [5.41, 5.74) is 1.67. The number of anilines is 2. The normalized spacial score (nSPS) is 16.7. The molecule has 224 valence electrons. The summed E-state index contributed by atoms with van der Waals surface area (Å²) in [5, 5.41) is 0. The van der Waals surface area contributed by atoms with Crippen molar-refractivity contribution in [3.63, 3.8) is 0 Å². The Morgan fingerprint density at radius 1 is 0.780 bits per heavy atom. The molecule has 0 radical (unpaired) electrons. The smallest absolute Gasteiger partial charge is 0.405 e. The lowest BCUT2D eigenvalue weighted by molar-refractivity contribution is -0.107. The number of ether oxygens (including phenoxy) is 2. The van der Waals surface area contributed by atoms with Crippen LogP contribution in [0.2, 0.25) is 0 Å². The minimum atomic E-state index is -5.09. The van der Waals surface area contributed by atoms with Crippen molar-refractivity contribution in [1.29, 1.82) is 0 Å². The van der Waals surface area contributed by atoms with Gasteiger partial charge in [0.2, 0.25) is 0 Å². The molecule has 0 aliphatic carbocycles. The highest BCUT2D eigenvalue weighted by Gasteiger charge is 2.43. The lowest BCUT2D eigenvalue weighted by Crippen LogP contribution is -2.26. The summed E-state index contributed by atoms with van der Waals surface area (Å²) in [5.74, 6) is -1.61. The maximum Gasteiger partial charge on any atom is 0.405 e. The summed E-state index contributed by atoms with van der Waals surface area (Å²) in [6.45, 7) is 0.604. The Labute approximate surface area is 241 Å². The van der Waals surface area contributed by atoms with Crippen molar-refractivity contribution in [3.05, 3.63) is 72.8 Å². The summed E-state index contributed by atoms with van der Waals surface area (Å²) in [6, 6.07) is 20.6. The second kappa shape index (κ2) is 12.5. The first kappa shape index (κ1) is 31.0. The third-order valence-electron chi connectivity index (χ3n) is 6.48. The van der Waals surface area contributed by atoms with Gasteiger partial charge in [0, 0.05) is 60.7 Å².